The average molecular weight is 308 g/mol. The minimum absolute atomic E-state index is 0.192. The zero-order valence-electron chi connectivity index (χ0n) is 12.5. The lowest BCUT2D eigenvalue weighted by Gasteiger charge is -2.16. The van der Waals surface area contributed by atoms with Gasteiger partial charge in [0.2, 0.25) is 0 Å². The number of aromatic nitrogens is 2. The first kappa shape index (κ1) is 15.4. The summed E-state index contributed by atoms with van der Waals surface area (Å²) in [6, 6.07) is 5.51. The Balaban J connectivity index is 2.45. The lowest BCUT2D eigenvalue weighted by atomic mass is 10.1. The molecule has 21 heavy (non-hydrogen) atoms. The van der Waals surface area contributed by atoms with Crippen molar-refractivity contribution in [3.05, 3.63) is 35.2 Å². The summed E-state index contributed by atoms with van der Waals surface area (Å²) in [7, 11) is 3.23. The molecular weight excluding hydrogens is 290 g/mol. The molecule has 1 N–H and O–H groups in total. The fourth-order valence-corrected chi connectivity index (χ4v) is 2.38. The van der Waals surface area contributed by atoms with Gasteiger partial charge in [-0.15, -0.1) is 0 Å². The summed E-state index contributed by atoms with van der Waals surface area (Å²) in [5, 5.41) is 3.70. The van der Waals surface area contributed by atoms with Crippen LogP contribution in [-0.2, 0) is 0 Å². The van der Waals surface area contributed by atoms with E-state index in [0.29, 0.717) is 16.7 Å². The number of nitrogens with one attached hydrogen (secondary N) is 1. The number of nitrogens with zero attached hydrogens (tertiary/aromatic N) is 2. The lowest BCUT2D eigenvalue weighted by molar-refractivity contribution is 0.405. The van der Waals surface area contributed by atoms with Crippen LogP contribution in [0, 0.1) is 0 Å². The first-order chi connectivity index (χ1) is 10.1. The molecule has 0 atom stereocenters. The van der Waals surface area contributed by atoms with E-state index >= 15 is 0 Å². The molecule has 0 bridgehead atoms. The van der Waals surface area contributed by atoms with Crippen molar-refractivity contribution in [3.63, 3.8) is 0 Å². The van der Waals surface area contributed by atoms with E-state index in [-0.39, 0.29) is 5.92 Å². The Bertz CT molecular complexity index is 632. The van der Waals surface area contributed by atoms with E-state index in [4.69, 9.17) is 21.1 Å². The van der Waals surface area contributed by atoms with Crippen molar-refractivity contribution in [2.45, 2.75) is 19.8 Å². The molecular formula is C15H18ClN3O2. The molecule has 0 fully saturated rings. The van der Waals surface area contributed by atoms with Crippen molar-refractivity contribution in [1.29, 1.82) is 0 Å². The third-order valence-corrected chi connectivity index (χ3v) is 3.37. The number of hydrogen-bond acceptors (Lipinski definition) is 5. The number of hydrogen-bond donors (Lipinski definition) is 1. The van der Waals surface area contributed by atoms with E-state index in [1.807, 2.05) is 32.0 Å². The van der Waals surface area contributed by atoms with Gasteiger partial charge >= 0.3 is 0 Å². The van der Waals surface area contributed by atoms with Crippen molar-refractivity contribution < 1.29 is 9.47 Å². The molecule has 0 amide bonds. The maximum atomic E-state index is 6.18. The molecule has 1 heterocycles. The monoisotopic (exact) mass is 307 g/mol. The third-order valence-electron chi connectivity index (χ3n) is 3.07. The summed E-state index contributed by atoms with van der Waals surface area (Å²) >= 11 is 6.18. The molecule has 0 aliphatic heterocycles. The van der Waals surface area contributed by atoms with Crippen molar-refractivity contribution in [2.24, 2.45) is 0 Å². The first-order valence-electron chi connectivity index (χ1n) is 6.56. The summed E-state index contributed by atoms with van der Waals surface area (Å²) in [5.41, 5.74) is 1.62. The molecule has 0 saturated heterocycles. The molecule has 0 saturated carbocycles. The van der Waals surface area contributed by atoms with E-state index in [1.165, 1.54) is 6.33 Å². The highest BCUT2D eigenvalue weighted by molar-refractivity contribution is 6.30. The van der Waals surface area contributed by atoms with Crippen LogP contribution in [0.4, 0.5) is 11.5 Å². The molecule has 112 valence electrons. The number of benzene rings is 1. The molecule has 2 aromatic rings. The van der Waals surface area contributed by atoms with Crippen LogP contribution < -0.4 is 14.8 Å². The summed E-state index contributed by atoms with van der Waals surface area (Å²) in [6.07, 6.45) is 1.43. The number of rotatable bonds is 5. The molecule has 0 aliphatic carbocycles. The Hall–Kier alpha value is -2.01. The second kappa shape index (κ2) is 6.63. The molecule has 6 heteroatoms. The van der Waals surface area contributed by atoms with Gasteiger partial charge in [-0.05, 0) is 18.1 Å². The van der Waals surface area contributed by atoms with Crippen molar-refractivity contribution in [1.82, 2.24) is 9.97 Å². The predicted molar refractivity (Wildman–Crippen MR) is 84.0 cm³/mol. The van der Waals surface area contributed by atoms with Crippen molar-refractivity contribution in [3.8, 4) is 11.5 Å². The Kier molecular flexibility index (Phi) is 4.85. The number of ether oxygens (including phenoxy) is 2. The van der Waals surface area contributed by atoms with Crippen molar-refractivity contribution in [2.75, 3.05) is 19.5 Å². The smallest absolute Gasteiger partial charge is 0.142 e. The van der Waals surface area contributed by atoms with Crippen LogP contribution in [0.25, 0.3) is 0 Å². The molecule has 1 aromatic heterocycles. The van der Waals surface area contributed by atoms with E-state index in [0.717, 1.165) is 17.0 Å². The van der Waals surface area contributed by atoms with Gasteiger partial charge in [-0.25, -0.2) is 9.97 Å². The summed E-state index contributed by atoms with van der Waals surface area (Å²) in [4.78, 5) is 8.32. The van der Waals surface area contributed by atoms with E-state index < -0.39 is 0 Å². The second-order valence-corrected chi connectivity index (χ2v) is 5.13. The predicted octanol–water partition coefficient (Wildman–Crippen LogP) is 4.01. The normalized spacial score (nSPS) is 10.6. The van der Waals surface area contributed by atoms with Crippen LogP contribution in [-0.4, -0.2) is 24.2 Å². The highest BCUT2D eigenvalue weighted by atomic mass is 35.5. The Morgan fingerprint density at radius 1 is 1.14 bits per heavy atom. The average Bonchev–Trinajstić information content (AvgIpc) is 2.46. The SMILES string of the molecule is COc1ccc(OC)c(Nc2ncnc(Cl)c2C(C)C)c1. The highest BCUT2D eigenvalue weighted by Gasteiger charge is 2.15. The lowest BCUT2D eigenvalue weighted by Crippen LogP contribution is -2.04. The van der Waals surface area contributed by atoms with Gasteiger partial charge in [0.05, 0.1) is 19.9 Å². The fourth-order valence-electron chi connectivity index (χ4n) is 2.02. The summed E-state index contributed by atoms with van der Waals surface area (Å²) in [6.45, 7) is 4.08. The first-order valence-corrected chi connectivity index (χ1v) is 6.94. The Labute approximate surface area is 129 Å². The van der Waals surface area contributed by atoms with E-state index in [1.54, 1.807) is 14.2 Å². The third kappa shape index (κ3) is 3.36. The summed E-state index contributed by atoms with van der Waals surface area (Å²) in [5.74, 6) is 2.28. The van der Waals surface area contributed by atoms with Crippen LogP contribution >= 0.6 is 11.6 Å². The van der Waals surface area contributed by atoms with E-state index in [2.05, 4.69) is 15.3 Å². The van der Waals surface area contributed by atoms with E-state index in [9.17, 15) is 0 Å². The zero-order valence-corrected chi connectivity index (χ0v) is 13.2. The van der Waals surface area contributed by atoms with Gasteiger partial charge in [-0.1, -0.05) is 25.4 Å². The molecule has 5 nitrogen and oxygen atoms in total. The topological polar surface area (TPSA) is 56.3 Å². The number of methoxy groups -OCH3 is 2. The molecule has 2 rings (SSSR count). The number of halogens is 1. The minimum atomic E-state index is 0.192. The van der Waals surface area contributed by atoms with Crippen LogP contribution in [0.2, 0.25) is 5.15 Å². The van der Waals surface area contributed by atoms with Crippen LogP contribution in [0.1, 0.15) is 25.3 Å². The molecule has 0 unspecified atom stereocenters. The van der Waals surface area contributed by atoms with Gasteiger partial charge in [-0.3, -0.25) is 0 Å². The van der Waals surface area contributed by atoms with Gasteiger partial charge < -0.3 is 14.8 Å². The highest BCUT2D eigenvalue weighted by Crippen LogP contribution is 2.35. The molecule has 0 spiro atoms. The zero-order chi connectivity index (χ0) is 15.4. The minimum Gasteiger partial charge on any atom is -0.497 e. The maximum absolute atomic E-state index is 6.18. The van der Waals surface area contributed by atoms with Crippen LogP contribution in [0.3, 0.4) is 0 Å². The maximum Gasteiger partial charge on any atom is 0.142 e. The van der Waals surface area contributed by atoms with Gasteiger partial charge in [0.25, 0.3) is 0 Å². The molecule has 0 radical (unpaired) electrons. The van der Waals surface area contributed by atoms with Gasteiger partial charge in [0.15, 0.2) is 0 Å². The molecule has 0 aliphatic rings. The Morgan fingerprint density at radius 3 is 2.52 bits per heavy atom. The van der Waals surface area contributed by atoms with Crippen LogP contribution in [0.5, 0.6) is 11.5 Å². The quantitative estimate of drug-likeness (QED) is 0.846. The van der Waals surface area contributed by atoms with Crippen molar-refractivity contribution >= 4 is 23.1 Å². The summed E-state index contributed by atoms with van der Waals surface area (Å²) < 4.78 is 10.6. The fraction of sp³-hybridized carbons (Fsp3) is 0.333. The van der Waals surface area contributed by atoms with Gasteiger partial charge in [0.1, 0.15) is 28.8 Å². The Morgan fingerprint density at radius 2 is 1.90 bits per heavy atom. The van der Waals surface area contributed by atoms with Gasteiger partial charge in [0, 0.05) is 11.6 Å². The second-order valence-electron chi connectivity index (χ2n) is 4.77. The number of anilines is 2. The standard InChI is InChI=1S/C15H18ClN3O2/c1-9(2)13-14(16)17-8-18-15(13)19-11-7-10(20-3)5-6-12(11)21-4/h5-9H,1-4H3,(H,17,18,19). The van der Waals surface area contributed by atoms with Gasteiger partial charge in [-0.2, -0.15) is 0 Å². The largest absolute Gasteiger partial charge is 0.497 e. The molecule has 1 aromatic carbocycles. The van der Waals surface area contributed by atoms with Crippen LogP contribution in [0.15, 0.2) is 24.5 Å².